The lowest BCUT2D eigenvalue weighted by Gasteiger charge is -2.26. The molecule has 0 radical (unpaired) electrons. The lowest BCUT2D eigenvalue weighted by atomic mass is 10.2. The van der Waals surface area contributed by atoms with Crippen LogP contribution in [0, 0.1) is 0 Å². The normalized spacial score (nSPS) is 17.8. The molecule has 3 N–H and O–H groups in total. The SMILES string of the molecule is CCn1cc(S(=O)(=O)NN2CCCCC2)cc1CN. The van der Waals surface area contributed by atoms with Gasteiger partial charge in [0.25, 0.3) is 10.0 Å². The number of nitrogens with one attached hydrogen (secondary N) is 1. The van der Waals surface area contributed by atoms with E-state index in [9.17, 15) is 8.42 Å². The van der Waals surface area contributed by atoms with Crippen molar-refractivity contribution in [3.8, 4) is 0 Å². The average Bonchev–Trinajstić information content (AvgIpc) is 2.83. The first-order chi connectivity index (χ1) is 9.06. The van der Waals surface area contributed by atoms with Gasteiger partial charge in [-0.1, -0.05) is 6.42 Å². The summed E-state index contributed by atoms with van der Waals surface area (Å²) in [5.74, 6) is 0. The van der Waals surface area contributed by atoms with E-state index in [1.54, 1.807) is 17.3 Å². The van der Waals surface area contributed by atoms with Gasteiger partial charge in [-0.25, -0.2) is 13.4 Å². The molecular formula is C12H22N4O2S. The molecule has 0 bridgehead atoms. The van der Waals surface area contributed by atoms with Crippen LogP contribution in [0.4, 0.5) is 0 Å². The largest absolute Gasteiger partial charge is 0.349 e. The van der Waals surface area contributed by atoms with Gasteiger partial charge in [0.2, 0.25) is 0 Å². The van der Waals surface area contributed by atoms with Gasteiger partial charge in [0, 0.05) is 38.1 Å². The van der Waals surface area contributed by atoms with Crippen molar-refractivity contribution in [3.63, 3.8) is 0 Å². The summed E-state index contributed by atoms with van der Waals surface area (Å²) in [6.07, 6.45) is 4.88. The Morgan fingerprint density at radius 3 is 2.53 bits per heavy atom. The summed E-state index contributed by atoms with van der Waals surface area (Å²) in [5, 5.41) is 1.78. The third kappa shape index (κ3) is 3.36. The van der Waals surface area contributed by atoms with Gasteiger partial charge in [-0.3, -0.25) is 0 Å². The molecule has 1 aromatic rings. The Morgan fingerprint density at radius 2 is 2.00 bits per heavy atom. The van der Waals surface area contributed by atoms with Crippen molar-refractivity contribution in [1.82, 2.24) is 14.4 Å². The van der Waals surface area contributed by atoms with Crippen LogP contribution in [-0.4, -0.2) is 31.1 Å². The van der Waals surface area contributed by atoms with E-state index in [-0.39, 0.29) is 0 Å². The summed E-state index contributed by atoms with van der Waals surface area (Å²) in [7, 11) is -3.48. The monoisotopic (exact) mass is 286 g/mol. The zero-order valence-electron chi connectivity index (χ0n) is 11.3. The highest BCUT2D eigenvalue weighted by Gasteiger charge is 2.21. The molecule has 0 aromatic carbocycles. The smallest absolute Gasteiger partial charge is 0.254 e. The van der Waals surface area contributed by atoms with Crippen molar-refractivity contribution >= 4 is 10.0 Å². The Hall–Kier alpha value is -0.890. The van der Waals surface area contributed by atoms with Crippen molar-refractivity contribution in [1.29, 1.82) is 0 Å². The van der Waals surface area contributed by atoms with E-state index in [2.05, 4.69) is 4.83 Å². The zero-order valence-corrected chi connectivity index (χ0v) is 12.1. The topological polar surface area (TPSA) is 80.4 Å². The maximum atomic E-state index is 12.3. The van der Waals surface area contributed by atoms with Gasteiger partial charge in [-0.2, -0.15) is 0 Å². The van der Waals surface area contributed by atoms with E-state index in [0.717, 1.165) is 31.6 Å². The predicted molar refractivity (Wildman–Crippen MR) is 73.7 cm³/mol. The fraction of sp³-hybridized carbons (Fsp3) is 0.667. The number of nitrogens with zero attached hydrogens (tertiary/aromatic N) is 2. The molecule has 0 unspecified atom stereocenters. The van der Waals surface area contributed by atoms with E-state index in [1.165, 1.54) is 6.42 Å². The van der Waals surface area contributed by atoms with E-state index >= 15 is 0 Å². The highest BCUT2D eigenvalue weighted by molar-refractivity contribution is 7.89. The second-order valence-corrected chi connectivity index (χ2v) is 6.46. The molecule has 0 spiro atoms. The van der Waals surface area contributed by atoms with Crippen molar-refractivity contribution in [3.05, 3.63) is 18.0 Å². The summed E-state index contributed by atoms with van der Waals surface area (Å²) in [5.41, 5.74) is 6.46. The number of nitrogens with two attached hydrogens (primary N) is 1. The van der Waals surface area contributed by atoms with Crippen LogP contribution in [0.25, 0.3) is 0 Å². The lowest BCUT2D eigenvalue weighted by molar-refractivity contribution is 0.200. The van der Waals surface area contributed by atoms with Crippen molar-refractivity contribution < 1.29 is 8.42 Å². The zero-order chi connectivity index (χ0) is 13.9. The standard InChI is InChI=1S/C12H22N4O2S/c1-2-15-10-12(8-11(15)9-13)19(17,18)14-16-6-4-3-5-7-16/h8,10,14H,2-7,9,13H2,1H3. The average molecular weight is 286 g/mol. The lowest BCUT2D eigenvalue weighted by Crippen LogP contribution is -2.44. The minimum atomic E-state index is -3.48. The number of rotatable bonds is 5. The fourth-order valence-corrected chi connectivity index (χ4v) is 3.53. The Morgan fingerprint density at radius 1 is 1.32 bits per heavy atom. The molecule has 2 heterocycles. The van der Waals surface area contributed by atoms with Gasteiger partial charge >= 0.3 is 0 Å². The van der Waals surface area contributed by atoms with Gasteiger partial charge in [0.05, 0.1) is 0 Å². The van der Waals surface area contributed by atoms with Gasteiger partial charge in [0.15, 0.2) is 0 Å². The number of aromatic nitrogens is 1. The molecule has 6 nitrogen and oxygen atoms in total. The number of hydrogen-bond acceptors (Lipinski definition) is 4. The van der Waals surface area contributed by atoms with Gasteiger partial charge in [-0.05, 0) is 25.8 Å². The Kier molecular flexibility index (Phi) is 4.62. The van der Waals surface area contributed by atoms with E-state index < -0.39 is 10.0 Å². The molecule has 1 fully saturated rings. The summed E-state index contributed by atoms with van der Waals surface area (Å²) >= 11 is 0. The highest BCUT2D eigenvalue weighted by Crippen LogP contribution is 2.16. The van der Waals surface area contributed by atoms with Crippen LogP contribution >= 0.6 is 0 Å². The molecule has 19 heavy (non-hydrogen) atoms. The molecule has 0 amide bonds. The number of aryl methyl sites for hydroxylation is 1. The first-order valence-corrected chi connectivity index (χ1v) is 8.21. The van der Waals surface area contributed by atoms with Crippen molar-refractivity contribution in [2.24, 2.45) is 5.73 Å². The summed E-state index contributed by atoms with van der Waals surface area (Å²) in [4.78, 5) is 2.94. The van der Waals surface area contributed by atoms with E-state index in [1.807, 2.05) is 11.5 Å². The number of sulfonamides is 1. The second kappa shape index (κ2) is 6.04. The molecule has 1 saturated heterocycles. The molecule has 0 aliphatic carbocycles. The highest BCUT2D eigenvalue weighted by atomic mass is 32.2. The fourth-order valence-electron chi connectivity index (χ4n) is 2.35. The van der Waals surface area contributed by atoms with E-state index in [4.69, 9.17) is 5.73 Å². The molecule has 108 valence electrons. The van der Waals surface area contributed by atoms with Gasteiger partial charge < -0.3 is 10.3 Å². The van der Waals surface area contributed by atoms with Crippen molar-refractivity contribution in [2.75, 3.05) is 13.1 Å². The molecule has 7 heteroatoms. The quantitative estimate of drug-likeness (QED) is 0.832. The first kappa shape index (κ1) is 14.5. The van der Waals surface area contributed by atoms with E-state index in [0.29, 0.717) is 18.0 Å². The van der Waals surface area contributed by atoms with Crippen LogP contribution in [-0.2, 0) is 23.1 Å². The van der Waals surface area contributed by atoms with Crippen LogP contribution in [0.2, 0.25) is 0 Å². The number of hydrazine groups is 1. The number of piperidine rings is 1. The van der Waals surface area contributed by atoms with Crippen LogP contribution < -0.4 is 10.6 Å². The summed E-state index contributed by atoms with van der Waals surface area (Å²) in [6.45, 7) is 4.57. The Bertz CT molecular complexity index is 496. The summed E-state index contributed by atoms with van der Waals surface area (Å²) in [6, 6.07) is 1.65. The van der Waals surface area contributed by atoms with Gasteiger partial charge in [0.1, 0.15) is 4.90 Å². The molecule has 0 saturated carbocycles. The third-order valence-electron chi connectivity index (χ3n) is 3.43. The maximum Gasteiger partial charge on any atom is 0.254 e. The van der Waals surface area contributed by atoms with Crippen LogP contribution in [0.3, 0.4) is 0 Å². The van der Waals surface area contributed by atoms with Crippen LogP contribution in [0.1, 0.15) is 31.9 Å². The Balaban J connectivity index is 2.16. The Labute approximate surface area is 114 Å². The van der Waals surface area contributed by atoms with Crippen molar-refractivity contribution in [2.45, 2.75) is 44.2 Å². The summed E-state index contributed by atoms with van der Waals surface area (Å²) < 4.78 is 26.4. The predicted octanol–water partition coefficient (Wildman–Crippen LogP) is 0.646. The molecule has 1 aliphatic heterocycles. The molecule has 0 atom stereocenters. The molecule has 1 aromatic heterocycles. The van der Waals surface area contributed by atoms with Crippen LogP contribution in [0.15, 0.2) is 17.2 Å². The van der Waals surface area contributed by atoms with Crippen LogP contribution in [0.5, 0.6) is 0 Å². The number of hydrogen-bond donors (Lipinski definition) is 2. The third-order valence-corrected chi connectivity index (χ3v) is 4.77. The minimum absolute atomic E-state index is 0.292. The maximum absolute atomic E-state index is 12.3. The molecule has 2 rings (SSSR count). The molecular weight excluding hydrogens is 264 g/mol. The minimum Gasteiger partial charge on any atom is -0.349 e. The molecule has 1 aliphatic rings. The first-order valence-electron chi connectivity index (χ1n) is 6.73. The van der Waals surface area contributed by atoms with Gasteiger partial charge in [-0.15, -0.1) is 4.83 Å². The second-order valence-electron chi connectivity index (χ2n) is 4.80.